The van der Waals surface area contributed by atoms with E-state index in [2.05, 4.69) is 22.2 Å². The first-order chi connectivity index (χ1) is 8.34. The molecule has 3 heteroatoms. The van der Waals surface area contributed by atoms with Crippen LogP contribution in [-0.4, -0.2) is 16.5 Å². The fourth-order valence-corrected chi connectivity index (χ4v) is 2.58. The largest absolute Gasteiger partial charge is 0.313 e. The summed E-state index contributed by atoms with van der Waals surface area (Å²) in [4.78, 5) is 8.02. The van der Waals surface area contributed by atoms with E-state index in [1.165, 1.54) is 37.7 Å². The maximum absolute atomic E-state index is 4.01. The lowest BCUT2D eigenvalue weighted by atomic mass is 9.81. The molecule has 3 nitrogen and oxygen atoms in total. The summed E-state index contributed by atoms with van der Waals surface area (Å²) in [5, 5.41) is 3.48. The Labute approximate surface area is 104 Å². The van der Waals surface area contributed by atoms with E-state index in [0.29, 0.717) is 0 Å². The number of aromatic nitrogens is 2. The van der Waals surface area contributed by atoms with Crippen LogP contribution in [0.1, 0.15) is 44.6 Å². The second-order valence-corrected chi connectivity index (χ2v) is 5.34. The quantitative estimate of drug-likeness (QED) is 0.795. The smallest absolute Gasteiger partial charge is 0.115 e. The predicted octanol–water partition coefficient (Wildman–Crippen LogP) is 2.78. The Morgan fingerprint density at radius 1 is 1.18 bits per heavy atom. The van der Waals surface area contributed by atoms with E-state index in [9.17, 15) is 0 Å². The Hall–Kier alpha value is -0.960. The molecule has 0 radical (unpaired) electrons. The van der Waals surface area contributed by atoms with Crippen molar-refractivity contribution in [2.45, 2.75) is 45.6 Å². The summed E-state index contributed by atoms with van der Waals surface area (Å²) in [6.07, 6.45) is 12.4. The molecule has 0 bridgehead atoms. The second kappa shape index (κ2) is 6.70. The summed E-state index contributed by atoms with van der Waals surface area (Å²) in [7, 11) is 0. The van der Waals surface area contributed by atoms with E-state index < -0.39 is 0 Å². The number of hydrogen-bond donors (Lipinski definition) is 1. The highest BCUT2D eigenvalue weighted by atomic mass is 14.9. The van der Waals surface area contributed by atoms with E-state index in [0.717, 1.165) is 24.9 Å². The van der Waals surface area contributed by atoms with Gasteiger partial charge in [-0.3, -0.25) is 0 Å². The Bertz CT molecular complexity index is 305. The fraction of sp³-hybridized carbons (Fsp3) is 0.714. The maximum Gasteiger partial charge on any atom is 0.115 e. The van der Waals surface area contributed by atoms with Crippen LogP contribution in [0.4, 0.5) is 0 Å². The molecule has 1 aliphatic rings. The lowest BCUT2D eigenvalue weighted by Gasteiger charge is -2.26. The summed E-state index contributed by atoms with van der Waals surface area (Å²) in [6.45, 7) is 4.39. The van der Waals surface area contributed by atoms with Gasteiger partial charge in [-0.1, -0.05) is 32.6 Å². The van der Waals surface area contributed by atoms with Crippen molar-refractivity contribution in [3.8, 4) is 0 Å². The molecule has 0 saturated heterocycles. The molecule has 2 rings (SSSR count). The first-order valence-corrected chi connectivity index (χ1v) is 6.79. The van der Waals surface area contributed by atoms with Crippen LogP contribution in [0.3, 0.4) is 0 Å². The molecule has 1 heterocycles. The molecule has 1 saturated carbocycles. The van der Waals surface area contributed by atoms with E-state index in [1.807, 2.05) is 12.4 Å². The summed E-state index contributed by atoms with van der Waals surface area (Å²) in [5.41, 5.74) is 1.17. The van der Waals surface area contributed by atoms with E-state index in [-0.39, 0.29) is 0 Å². The van der Waals surface area contributed by atoms with Gasteiger partial charge in [0.1, 0.15) is 6.33 Å². The molecule has 0 aromatic carbocycles. The molecule has 1 aliphatic carbocycles. The van der Waals surface area contributed by atoms with Crippen LogP contribution < -0.4 is 5.32 Å². The third-order valence-electron chi connectivity index (χ3n) is 3.81. The summed E-state index contributed by atoms with van der Waals surface area (Å²) >= 11 is 0. The Balaban J connectivity index is 1.57. The van der Waals surface area contributed by atoms with Crippen molar-refractivity contribution in [2.75, 3.05) is 6.54 Å². The Morgan fingerprint density at radius 3 is 2.59 bits per heavy atom. The lowest BCUT2D eigenvalue weighted by molar-refractivity contribution is 0.275. The third kappa shape index (κ3) is 4.43. The van der Waals surface area contributed by atoms with Crippen LogP contribution in [0.25, 0.3) is 0 Å². The number of nitrogens with one attached hydrogen (secondary N) is 1. The van der Waals surface area contributed by atoms with Crippen molar-refractivity contribution in [1.29, 1.82) is 0 Å². The lowest BCUT2D eigenvalue weighted by Crippen LogP contribution is -2.20. The number of hydrogen-bond acceptors (Lipinski definition) is 3. The molecule has 0 unspecified atom stereocenters. The highest BCUT2D eigenvalue weighted by Crippen LogP contribution is 2.29. The van der Waals surface area contributed by atoms with Gasteiger partial charge in [0.15, 0.2) is 0 Å². The zero-order chi connectivity index (χ0) is 11.9. The van der Waals surface area contributed by atoms with Gasteiger partial charge < -0.3 is 5.32 Å². The minimum atomic E-state index is 0.893. The van der Waals surface area contributed by atoms with Crippen molar-refractivity contribution in [3.05, 3.63) is 24.3 Å². The monoisotopic (exact) mass is 233 g/mol. The van der Waals surface area contributed by atoms with Gasteiger partial charge in [-0.05, 0) is 24.8 Å². The fourth-order valence-electron chi connectivity index (χ4n) is 2.58. The second-order valence-electron chi connectivity index (χ2n) is 5.34. The first kappa shape index (κ1) is 12.5. The molecule has 94 valence electrons. The summed E-state index contributed by atoms with van der Waals surface area (Å²) < 4.78 is 0. The Kier molecular flexibility index (Phi) is 4.92. The van der Waals surface area contributed by atoms with Crippen molar-refractivity contribution >= 4 is 0 Å². The van der Waals surface area contributed by atoms with Crippen LogP contribution in [0.2, 0.25) is 0 Å². The Morgan fingerprint density at radius 2 is 1.88 bits per heavy atom. The van der Waals surface area contributed by atoms with Crippen molar-refractivity contribution < 1.29 is 0 Å². The van der Waals surface area contributed by atoms with Crippen LogP contribution >= 0.6 is 0 Å². The third-order valence-corrected chi connectivity index (χ3v) is 3.81. The standard InChI is InChI=1S/C14H23N3/c1-12-2-4-13(5-3-12)6-7-15-8-14-9-16-11-17-10-14/h9-13,15H,2-8H2,1H3. The molecular formula is C14H23N3. The van der Waals surface area contributed by atoms with Crippen LogP contribution in [0.5, 0.6) is 0 Å². The number of rotatable bonds is 5. The van der Waals surface area contributed by atoms with Gasteiger partial charge in [-0.25, -0.2) is 9.97 Å². The van der Waals surface area contributed by atoms with Crippen LogP contribution in [0, 0.1) is 11.8 Å². The van der Waals surface area contributed by atoms with Gasteiger partial charge in [-0.2, -0.15) is 0 Å². The molecule has 1 aromatic rings. The minimum absolute atomic E-state index is 0.893. The van der Waals surface area contributed by atoms with Gasteiger partial charge in [0.05, 0.1) is 0 Å². The van der Waals surface area contributed by atoms with E-state index >= 15 is 0 Å². The predicted molar refractivity (Wildman–Crippen MR) is 69.5 cm³/mol. The molecule has 0 amide bonds. The molecule has 0 aliphatic heterocycles. The summed E-state index contributed by atoms with van der Waals surface area (Å²) in [6, 6.07) is 0. The summed E-state index contributed by atoms with van der Waals surface area (Å²) in [5.74, 6) is 1.91. The molecule has 0 atom stereocenters. The topological polar surface area (TPSA) is 37.8 Å². The normalized spacial score (nSPS) is 24.8. The van der Waals surface area contributed by atoms with Gasteiger partial charge in [-0.15, -0.1) is 0 Å². The number of nitrogens with zero attached hydrogens (tertiary/aromatic N) is 2. The van der Waals surface area contributed by atoms with Crippen molar-refractivity contribution in [3.63, 3.8) is 0 Å². The molecule has 1 aromatic heterocycles. The SMILES string of the molecule is CC1CCC(CCNCc2cncnc2)CC1. The highest BCUT2D eigenvalue weighted by molar-refractivity contribution is 5.01. The maximum atomic E-state index is 4.01. The van der Waals surface area contributed by atoms with Gasteiger partial charge in [0.2, 0.25) is 0 Å². The molecular weight excluding hydrogens is 210 g/mol. The van der Waals surface area contributed by atoms with Crippen molar-refractivity contribution in [1.82, 2.24) is 15.3 Å². The van der Waals surface area contributed by atoms with Gasteiger partial charge in [0, 0.05) is 24.5 Å². The van der Waals surface area contributed by atoms with Gasteiger partial charge in [0.25, 0.3) is 0 Å². The average Bonchev–Trinajstić information content (AvgIpc) is 2.38. The van der Waals surface area contributed by atoms with Crippen LogP contribution in [0.15, 0.2) is 18.7 Å². The highest BCUT2D eigenvalue weighted by Gasteiger charge is 2.17. The zero-order valence-corrected chi connectivity index (χ0v) is 10.7. The van der Waals surface area contributed by atoms with Crippen LogP contribution in [-0.2, 0) is 6.54 Å². The molecule has 17 heavy (non-hydrogen) atoms. The van der Waals surface area contributed by atoms with Crippen molar-refractivity contribution in [2.24, 2.45) is 11.8 Å². The first-order valence-electron chi connectivity index (χ1n) is 6.79. The zero-order valence-electron chi connectivity index (χ0n) is 10.7. The minimum Gasteiger partial charge on any atom is -0.313 e. The van der Waals surface area contributed by atoms with E-state index in [1.54, 1.807) is 6.33 Å². The molecule has 0 spiro atoms. The molecule has 1 fully saturated rings. The van der Waals surface area contributed by atoms with Gasteiger partial charge >= 0.3 is 0 Å². The molecule has 1 N–H and O–H groups in total. The average molecular weight is 233 g/mol. The van der Waals surface area contributed by atoms with E-state index in [4.69, 9.17) is 0 Å².